The van der Waals surface area contributed by atoms with E-state index in [1.807, 2.05) is 44.2 Å². The van der Waals surface area contributed by atoms with Crippen molar-refractivity contribution in [1.82, 2.24) is 10.2 Å². The normalized spacial score (nSPS) is 14.1. The van der Waals surface area contributed by atoms with E-state index >= 15 is 0 Å². The van der Waals surface area contributed by atoms with Gasteiger partial charge in [-0.25, -0.2) is 12.8 Å². The van der Waals surface area contributed by atoms with Gasteiger partial charge >= 0.3 is 0 Å². The lowest BCUT2D eigenvalue weighted by Gasteiger charge is -2.34. The predicted octanol–water partition coefficient (Wildman–Crippen LogP) is 7.38. The zero-order valence-corrected chi connectivity index (χ0v) is 28.2. The Kier molecular flexibility index (Phi) is 11.5. The van der Waals surface area contributed by atoms with Crippen LogP contribution in [0.3, 0.4) is 0 Å². The van der Waals surface area contributed by atoms with Crippen molar-refractivity contribution in [3.63, 3.8) is 0 Å². The number of aryl methyl sites for hydroxylation is 1. The third-order valence-electron chi connectivity index (χ3n) is 8.60. The van der Waals surface area contributed by atoms with E-state index in [1.165, 1.54) is 29.2 Å². The molecule has 1 fully saturated rings. The SMILES string of the molecule is CCC(C(=O)NC1CCCCC1)N(Cc1ccc(F)cc1)C(=O)CN(c1ccc(Oc2ccccc2)cc1)S(=O)(=O)c1ccc(C)cc1. The molecule has 1 aliphatic carbocycles. The highest BCUT2D eigenvalue weighted by Crippen LogP contribution is 2.29. The molecule has 1 saturated carbocycles. The van der Waals surface area contributed by atoms with E-state index in [-0.39, 0.29) is 29.1 Å². The summed E-state index contributed by atoms with van der Waals surface area (Å²) in [5.74, 6) is -0.153. The molecule has 8 nitrogen and oxygen atoms in total. The number of hydrogen-bond donors (Lipinski definition) is 1. The van der Waals surface area contributed by atoms with E-state index in [2.05, 4.69) is 5.32 Å². The molecule has 2 amide bonds. The van der Waals surface area contributed by atoms with Crippen LogP contribution in [0.15, 0.2) is 108 Å². The molecule has 0 heterocycles. The van der Waals surface area contributed by atoms with Crippen molar-refractivity contribution in [2.45, 2.75) is 75.9 Å². The van der Waals surface area contributed by atoms with E-state index in [9.17, 15) is 22.4 Å². The standard InChI is InChI=1S/C38H42FN3O5S/c1-3-36(38(44)40-31-10-6-4-7-11-31)41(26-29-16-18-30(39)19-17-29)37(43)27-42(48(45,46)35-24-14-28(2)15-25-35)32-20-22-34(23-21-32)47-33-12-8-5-9-13-33/h5,8-9,12-25,31,36H,3-4,6-7,10-11,26-27H2,1-2H3,(H,40,44). The average molecular weight is 672 g/mol. The molecule has 0 aliphatic heterocycles. The monoisotopic (exact) mass is 671 g/mol. The highest BCUT2D eigenvalue weighted by molar-refractivity contribution is 7.92. The zero-order valence-electron chi connectivity index (χ0n) is 27.3. The summed E-state index contributed by atoms with van der Waals surface area (Å²) in [4.78, 5) is 29.5. The van der Waals surface area contributed by atoms with Gasteiger partial charge in [-0.15, -0.1) is 0 Å². The van der Waals surface area contributed by atoms with Crippen LogP contribution in [0, 0.1) is 12.7 Å². The second kappa shape index (κ2) is 15.9. The molecule has 48 heavy (non-hydrogen) atoms. The number of sulfonamides is 1. The number of benzene rings is 4. The van der Waals surface area contributed by atoms with Crippen molar-refractivity contribution >= 4 is 27.5 Å². The Balaban J connectivity index is 1.48. The van der Waals surface area contributed by atoms with Gasteiger partial charge in [0.05, 0.1) is 10.6 Å². The number of para-hydroxylation sites is 1. The van der Waals surface area contributed by atoms with Gasteiger partial charge in [0.15, 0.2) is 0 Å². The minimum atomic E-state index is -4.23. The fourth-order valence-electron chi connectivity index (χ4n) is 5.92. The van der Waals surface area contributed by atoms with Crippen LogP contribution in [0.4, 0.5) is 10.1 Å². The predicted molar refractivity (Wildman–Crippen MR) is 185 cm³/mol. The van der Waals surface area contributed by atoms with Crippen LogP contribution in [0.5, 0.6) is 11.5 Å². The molecule has 5 rings (SSSR count). The summed E-state index contributed by atoms with van der Waals surface area (Å²) in [5.41, 5.74) is 1.76. The molecule has 1 unspecified atom stereocenters. The fourth-order valence-corrected chi connectivity index (χ4v) is 7.34. The first-order valence-corrected chi connectivity index (χ1v) is 17.8. The van der Waals surface area contributed by atoms with Crippen LogP contribution in [-0.2, 0) is 26.2 Å². The van der Waals surface area contributed by atoms with Gasteiger partial charge in [0.1, 0.15) is 29.9 Å². The minimum Gasteiger partial charge on any atom is -0.457 e. The Morgan fingerprint density at radius 3 is 2.10 bits per heavy atom. The first-order valence-electron chi connectivity index (χ1n) is 16.4. The quantitative estimate of drug-likeness (QED) is 0.160. The van der Waals surface area contributed by atoms with Crippen LogP contribution >= 0.6 is 0 Å². The van der Waals surface area contributed by atoms with Gasteiger partial charge in [-0.3, -0.25) is 13.9 Å². The number of halogens is 1. The van der Waals surface area contributed by atoms with Crippen molar-refractivity contribution in [1.29, 1.82) is 0 Å². The number of rotatable bonds is 13. The van der Waals surface area contributed by atoms with Crippen LogP contribution in [0.2, 0.25) is 0 Å². The largest absolute Gasteiger partial charge is 0.457 e. The van der Waals surface area contributed by atoms with Crippen molar-refractivity contribution < 1.29 is 27.1 Å². The van der Waals surface area contributed by atoms with Crippen molar-refractivity contribution in [2.75, 3.05) is 10.8 Å². The second-order valence-corrected chi connectivity index (χ2v) is 14.0. The number of amides is 2. The minimum absolute atomic E-state index is 0.00200. The van der Waals surface area contributed by atoms with E-state index in [0.29, 0.717) is 23.5 Å². The molecule has 0 saturated heterocycles. The van der Waals surface area contributed by atoms with Crippen molar-refractivity contribution in [2.24, 2.45) is 0 Å². The molecular weight excluding hydrogens is 629 g/mol. The van der Waals surface area contributed by atoms with E-state index < -0.39 is 34.3 Å². The number of carbonyl (C=O) groups is 2. The number of anilines is 1. The number of ether oxygens (including phenoxy) is 1. The van der Waals surface area contributed by atoms with Gasteiger partial charge in [-0.2, -0.15) is 0 Å². The van der Waals surface area contributed by atoms with Gasteiger partial charge in [0.25, 0.3) is 10.0 Å². The highest BCUT2D eigenvalue weighted by Gasteiger charge is 2.34. The molecule has 4 aromatic carbocycles. The summed E-state index contributed by atoms with van der Waals surface area (Å²) in [7, 11) is -4.23. The molecule has 1 atom stereocenters. The fraction of sp³-hybridized carbons (Fsp3) is 0.316. The van der Waals surface area contributed by atoms with Crippen LogP contribution in [0.1, 0.15) is 56.6 Å². The van der Waals surface area contributed by atoms with Crippen LogP contribution in [0.25, 0.3) is 0 Å². The lowest BCUT2D eigenvalue weighted by molar-refractivity contribution is -0.140. The summed E-state index contributed by atoms with van der Waals surface area (Å²) in [6, 6.07) is 27.0. The Labute approximate surface area is 282 Å². The second-order valence-electron chi connectivity index (χ2n) is 12.1. The van der Waals surface area contributed by atoms with E-state index in [0.717, 1.165) is 42.0 Å². The van der Waals surface area contributed by atoms with Crippen molar-refractivity contribution in [3.8, 4) is 11.5 Å². The van der Waals surface area contributed by atoms with Gasteiger partial charge in [-0.1, -0.05) is 74.2 Å². The van der Waals surface area contributed by atoms with E-state index in [4.69, 9.17) is 4.74 Å². The molecule has 0 bridgehead atoms. The molecule has 0 radical (unpaired) electrons. The molecule has 1 N–H and O–H groups in total. The lowest BCUT2D eigenvalue weighted by Crippen LogP contribution is -2.54. The molecule has 1 aliphatic rings. The summed E-state index contributed by atoms with van der Waals surface area (Å²) in [5, 5.41) is 3.13. The van der Waals surface area contributed by atoms with Crippen molar-refractivity contribution in [3.05, 3.63) is 120 Å². The summed E-state index contributed by atoms with van der Waals surface area (Å²) >= 11 is 0. The lowest BCUT2D eigenvalue weighted by atomic mass is 9.95. The Hall–Kier alpha value is -4.70. The number of nitrogens with one attached hydrogen (secondary N) is 1. The average Bonchev–Trinajstić information content (AvgIpc) is 3.09. The summed E-state index contributed by atoms with van der Waals surface area (Å²) in [6.07, 6.45) is 5.24. The molecule has 4 aromatic rings. The Morgan fingerprint density at radius 2 is 1.48 bits per heavy atom. The number of hydrogen-bond acceptors (Lipinski definition) is 5. The molecule has 10 heteroatoms. The number of carbonyl (C=O) groups excluding carboxylic acids is 2. The summed E-state index contributed by atoms with van der Waals surface area (Å²) < 4.78 is 49.2. The van der Waals surface area contributed by atoms with Crippen LogP contribution in [-0.4, -0.2) is 43.8 Å². The van der Waals surface area contributed by atoms with E-state index in [1.54, 1.807) is 48.5 Å². The summed E-state index contributed by atoms with van der Waals surface area (Å²) in [6.45, 7) is 3.11. The van der Waals surface area contributed by atoms with Gasteiger partial charge < -0.3 is 15.0 Å². The highest BCUT2D eigenvalue weighted by atomic mass is 32.2. The first-order chi connectivity index (χ1) is 23.1. The van der Waals surface area contributed by atoms with Gasteiger partial charge in [-0.05, 0) is 92.4 Å². The van der Waals surface area contributed by atoms with Crippen LogP contribution < -0.4 is 14.4 Å². The third-order valence-corrected chi connectivity index (χ3v) is 10.4. The molecule has 252 valence electrons. The molecule has 0 aromatic heterocycles. The Bertz CT molecular complexity index is 1760. The van der Waals surface area contributed by atoms with Gasteiger partial charge in [0, 0.05) is 12.6 Å². The molecular formula is C38H42FN3O5S. The maximum absolute atomic E-state index is 14.4. The third kappa shape index (κ3) is 8.80. The van der Waals surface area contributed by atoms with Gasteiger partial charge in [0.2, 0.25) is 11.8 Å². The first kappa shape index (κ1) is 34.6. The maximum Gasteiger partial charge on any atom is 0.264 e. The Morgan fingerprint density at radius 1 is 0.854 bits per heavy atom. The molecule has 0 spiro atoms. The smallest absolute Gasteiger partial charge is 0.264 e. The zero-order chi connectivity index (χ0) is 34.1. The maximum atomic E-state index is 14.4. The topological polar surface area (TPSA) is 96.0 Å². The number of nitrogens with zero attached hydrogens (tertiary/aromatic N) is 2.